The number of nitrogens with zero attached hydrogens (tertiary/aromatic N) is 1. The van der Waals surface area contributed by atoms with Crippen LogP contribution in [0, 0.1) is 0 Å². The highest BCUT2D eigenvalue weighted by Gasteiger charge is 2.16. The molecule has 6 heteroatoms. The zero-order valence-corrected chi connectivity index (χ0v) is 12.0. The summed E-state index contributed by atoms with van der Waals surface area (Å²) in [6.07, 6.45) is 0.525. The Labute approximate surface area is 122 Å². The van der Waals surface area contributed by atoms with E-state index in [1.54, 1.807) is 23.1 Å². The fourth-order valence-electron chi connectivity index (χ4n) is 2.13. The third kappa shape index (κ3) is 3.90. The average molecular weight is 294 g/mol. The van der Waals surface area contributed by atoms with E-state index in [1.807, 2.05) is 17.8 Å². The van der Waals surface area contributed by atoms with Crippen molar-refractivity contribution >= 4 is 23.8 Å². The van der Waals surface area contributed by atoms with E-state index in [-0.39, 0.29) is 6.03 Å². The smallest absolute Gasteiger partial charge is 0.335 e. The number of urea groups is 1. The van der Waals surface area contributed by atoms with Crippen LogP contribution in [-0.2, 0) is 6.42 Å². The van der Waals surface area contributed by atoms with Crippen LogP contribution in [0.3, 0.4) is 0 Å². The SMILES string of the molecule is O=C(O)c1ccccc1CCNC(=O)N1CCSCC1. The quantitative estimate of drug-likeness (QED) is 0.886. The minimum Gasteiger partial charge on any atom is -0.478 e. The van der Waals surface area contributed by atoms with Gasteiger partial charge in [-0.05, 0) is 18.1 Å². The summed E-state index contributed by atoms with van der Waals surface area (Å²) in [5.41, 5.74) is 1.05. The molecule has 1 fully saturated rings. The maximum Gasteiger partial charge on any atom is 0.335 e. The van der Waals surface area contributed by atoms with E-state index in [0.29, 0.717) is 18.5 Å². The number of rotatable bonds is 4. The summed E-state index contributed by atoms with van der Waals surface area (Å²) in [5.74, 6) is 1.03. The number of aromatic carboxylic acids is 1. The predicted octanol–water partition coefficient (Wildman–Crippen LogP) is 1.69. The number of carboxylic acid groups (broad SMARTS) is 1. The molecule has 1 aliphatic heterocycles. The summed E-state index contributed by atoms with van der Waals surface area (Å²) < 4.78 is 0. The third-order valence-corrected chi connectivity index (χ3v) is 4.16. The Hall–Kier alpha value is -1.69. The Morgan fingerprint density at radius 3 is 2.65 bits per heavy atom. The second-order valence-corrected chi connectivity index (χ2v) is 5.77. The van der Waals surface area contributed by atoms with E-state index < -0.39 is 5.97 Å². The number of amides is 2. The minimum absolute atomic E-state index is 0.0573. The van der Waals surface area contributed by atoms with Crippen LogP contribution < -0.4 is 5.32 Å². The lowest BCUT2D eigenvalue weighted by Crippen LogP contribution is -2.44. The Morgan fingerprint density at radius 2 is 1.95 bits per heavy atom. The Kier molecular flexibility index (Phi) is 5.29. The van der Waals surface area contributed by atoms with Gasteiger partial charge in [0.2, 0.25) is 0 Å². The highest BCUT2D eigenvalue weighted by atomic mass is 32.2. The molecule has 1 aromatic carbocycles. The molecule has 20 heavy (non-hydrogen) atoms. The molecule has 5 nitrogen and oxygen atoms in total. The summed E-state index contributed by atoms with van der Waals surface area (Å²) in [7, 11) is 0. The number of hydrogen-bond acceptors (Lipinski definition) is 3. The molecule has 0 unspecified atom stereocenters. The second kappa shape index (κ2) is 7.19. The maximum absolute atomic E-state index is 11.9. The Balaban J connectivity index is 1.83. The first-order valence-electron chi connectivity index (χ1n) is 6.60. The molecule has 0 aliphatic carbocycles. The van der Waals surface area contributed by atoms with Gasteiger partial charge in [0, 0.05) is 31.1 Å². The molecule has 1 heterocycles. The van der Waals surface area contributed by atoms with Gasteiger partial charge in [0.05, 0.1) is 5.56 Å². The normalized spacial score (nSPS) is 14.9. The average Bonchev–Trinajstić information content (AvgIpc) is 2.48. The third-order valence-electron chi connectivity index (χ3n) is 3.22. The van der Waals surface area contributed by atoms with E-state index >= 15 is 0 Å². The van der Waals surface area contributed by atoms with E-state index in [9.17, 15) is 9.59 Å². The number of nitrogens with one attached hydrogen (secondary N) is 1. The van der Waals surface area contributed by atoms with Gasteiger partial charge in [-0.25, -0.2) is 9.59 Å². The lowest BCUT2D eigenvalue weighted by molar-refractivity contribution is 0.0695. The van der Waals surface area contributed by atoms with E-state index in [0.717, 1.165) is 30.2 Å². The van der Waals surface area contributed by atoms with Crippen molar-refractivity contribution in [1.29, 1.82) is 0 Å². The van der Waals surface area contributed by atoms with Gasteiger partial charge in [-0.15, -0.1) is 0 Å². The molecule has 0 saturated carbocycles. The summed E-state index contributed by atoms with van der Waals surface area (Å²) >= 11 is 1.86. The number of carbonyl (C=O) groups excluding carboxylic acids is 1. The van der Waals surface area contributed by atoms with Crippen LogP contribution in [0.2, 0.25) is 0 Å². The van der Waals surface area contributed by atoms with Crippen LogP contribution >= 0.6 is 11.8 Å². The zero-order chi connectivity index (χ0) is 14.4. The lowest BCUT2D eigenvalue weighted by atomic mass is 10.0. The topological polar surface area (TPSA) is 69.6 Å². The van der Waals surface area contributed by atoms with Gasteiger partial charge in [-0.2, -0.15) is 11.8 Å². The van der Waals surface area contributed by atoms with Gasteiger partial charge >= 0.3 is 12.0 Å². The molecule has 108 valence electrons. The Bertz CT molecular complexity index is 487. The number of carboxylic acids is 1. The van der Waals surface area contributed by atoms with Crippen molar-refractivity contribution < 1.29 is 14.7 Å². The van der Waals surface area contributed by atoms with E-state index in [2.05, 4.69) is 5.32 Å². The summed E-state index contributed by atoms with van der Waals surface area (Å²) in [6.45, 7) is 2.01. The molecule has 1 aromatic rings. The van der Waals surface area contributed by atoms with Crippen LogP contribution in [0.1, 0.15) is 15.9 Å². The van der Waals surface area contributed by atoms with Gasteiger partial charge in [-0.1, -0.05) is 18.2 Å². The monoisotopic (exact) mass is 294 g/mol. The molecule has 2 rings (SSSR count). The number of thioether (sulfide) groups is 1. The zero-order valence-electron chi connectivity index (χ0n) is 11.2. The van der Waals surface area contributed by atoms with Crippen LogP contribution in [0.15, 0.2) is 24.3 Å². The standard InChI is InChI=1S/C14H18N2O3S/c17-13(18)12-4-2-1-3-11(12)5-6-15-14(19)16-7-9-20-10-8-16/h1-4H,5-10H2,(H,15,19)(H,17,18). The van der Waals surface area contributed by atoms with Crippen molar-refractivity contribution in [3.63, 3.8) is 0 Å². The van der Waals surface area contributed by atoms with Gasteiger partial charge in [-0.3, -0.25) is 0 Å². The van der Waals surface area contributed by atoms with Crippen LogP contribution in [-0.4, -0.2) is 53.1 Å². The van der Waals surface area contributed by atoms with E-state index in [4.69, 9.17) is 5.11 Å². The minimum atomic E-state index is -0.931. The number of hydrogen-bond donors (Lipinski definition) is 2. The summed E-state index contributed by atoms with van der Waals surface area (Å²) in [6, 6.07) is 6.83. The van der Waals surface area contributed by atoms with Crippen LogP contribution in [0.4, 0.5) is 4.79 Å². The van der Waals surface area contributed by atoms with Gasteiger partial charge in [0.1, 0.15) is 0 Å². The van der Waals surface area contributed by atoms with E-state index in [1.165, 1.54) is 0 Å². The molecule has 0 radical (unpaired) electrons. The highest BCUT2D eigenvalue weighted by Crippen LogP contribution is 2.10. The van der Waals surface area contributed by atoms with Gasteiger partial charge in [0.25, 0.3) is 0 Å². The molecule has 2 amide bonds. The van der Waals surface area contributed by atoms with Crippen molar-refractivity contribution in [2.24, 2.45) is 0 Å². The van der Waals surface area contributed by atoms with Crippen molar-refractivity contribution in [3.8, 4) is 0 Å². The predicted molar refractivity (Wildman–Crippen MR) is 79.4 cm³/mol. The highest BCUT2D eigenvalue weighted by molar-refractivity contribution is 7.99. The number of benzene rings is 1. The molecule has 1 saturated heterocycles. The van der Waals surface area contributed by atoms with Crippen LogP contribution in [0.5, 0.6) is 0 Å². The fourth-order valence-corrected chi connectivity index (χ4v) is 3.03. The maximum atomic E-state index is 11.9. The molecule has 0 bridgehead atoms. The first-order chi connectivity index (χ1) is 9.68. The first-order valence-corrected chi connectivity index (χ1v) is 7.75. The molecule has 0 atom stereocenters. The van der Waals surface area contributed by atoms with Crippen LogP contribution in [0.25, 0.3) is 0 Å². The number of carbonyl (C=O) groups is 2. The molecule has 1 aliphatic rings. The lowest BCUT2D eigenvalue weighted by Gasteiger charge is -2.26. The van der Waals surface area contributed by atoms with Crippen molar-refractivity contribution in [3.05, 3.63) is 35.4 Å². The fraction of sp³-hybridized carbons (Fsp3) is 0.429. The molecular weight excluding hydrogens is 276 g/mol. The summed E-state index contributed by atoms with van der Waals surface area (Å²) in [4.78, 5) is 24.8. The molecular formula is C14H18N2O3S. The largest absolute Gasteiger partial charge is 0.478 e. The second-order valence-electron chi connectivity index (χ2n) is 4.54. The Morgan fingerprint density at radius 1 is 1.25 bits per heavy atom. The van der Waals surface area contributed by atoms with Crippen molar-refractivity contribution in [1.82, 2.24) is 10.2 Å². The van der Waals surface area contributed by atoms with Crippen molar-refractivity contribution in [2.45, 2.75) is 6.42 Å². The van der Waals surface area contributed by atoms with Crippen molar-refractivity contribution in [2.75, 3.05) is 31.1 Å². The van der Waals surface area contributed by atoms with Gasteiger partial charge in [0.15, 0.2) is 0 Å². The summed E-state index contributed by atoms with van der Waals surface area (Å²) in [5, 5.41) is 11.9. The molecule has 0 aromatic heterocycles. The first kappa shape index (κ1) is 14.7. The molecule has 2 N–H and O–H groups in total. The molecule has 0 spiro atoms. The van der Waals surface area contributed by atoms with Gasteiger partial charge < -0.3 is 15.3 Å².